The van der Waals surface area contributed by atoms with Crippen LogP contribution in [0.1, 0.15) is 18.5 Å². The molecule has 84 valence electrons. The van der Waals surface area contributed by atoms with Crippen molar-refractivity contribution < 1.29 is 8.78 Å². The fourth-order valence-electron chi connectivity index (χ4n) is 1.25. The molecule has 0 bridgehead atoms. The quantitative estimate of drug-likeness (QED) is 0.604. The molecule has 0 aliphatic carbocycles. The average molecular weight is 232 g/mol. The highest BCUT2D eigenvalue weighted by Gasteiger charge is 2.14. The molecule has 0 aliphatic heterocycles. The van der Waals surface area contributed by atoms with E-state index in [-0.39, 0.29) is 11.6 Å². The Morgan fingerprint density at radius 3 is 2.80 bits per heavy atom. The van der Waals surface area contributed by atoms with Crippen LogP contribution in [0.4, 0.5) is 8.78 Å². The predicted octanol–water partition coefficient (Wildman–Crippen LogP) is 2.22. The molecule has 0 saturated carbocycles. The molecule has 5 heteroatoms. The fraction of sp³-hybridized carbons (Fsp3) is 0.400. The summed E-state index contributed by atoms with van der Waals surface area (Å²) in [7, 11) is 0. The van der Waals surface area contributed by atoms with Gasteiger partial charge in [0, 0.05) is 11.3 Å². The van der Waals surface area contributed by atoms with Crippen LogP contribution >= 0.6 is 11.8 Å². The van der Waals surface area contributed by atoms with E-state index in [1.165, 1.54) is 6.07 Å². The third-order valence-corrected chi connectivity index (χ3v) is 3.00. The van der Waals surface area contributed by atoms with Gasteiger partial charge in [0.25, 0.3) is 0 Å². The van der Waals surface area contributed by atoms with E-state index in [2.05, 4.69) is 5.43 Å². The molecule has 0 aliphatic rings. The molecule has 0 saturated heterocycles. The largest absolute Gasteiger partial charge is 0.271 e. The molecule has 0 spiro atoms. The minimum atomic E-state index is -0.451. The highest BCUT2D eigenvalue weighted by molar-refractivity contribution is 7.99. The Morgan fingerprint density at radius 2 is 2.20 bits per heavy atom. The molecule has 15 heavy (non-hydrogen) atoms. The lowest BCUT2D eigenvalue weighted by atomic mass is 10.1. The van der Waals surface area contributed by atoms with E-state index in [0.29, 0.717) is 5.75 Å². The summed E-state index contributed by atoms with van der Waals surface area (Å²) in [5, 5.41) is 0. The molecule has 1 unspecified atom stereocenters. The number of halogens is 2. The van der Waals surface area contributed by atoms with Crippen LogP contribution in [-0.2, 0) is 0 Å². The number of hydrogen-bond acceptors (Lipinski definition) is 3. The Labute approximate surface area is 92.2 Å². The number of hydrazine groups is 1. The van der Waals surface area contributed by atoms with Gasteiger partial charge in [-0.25, -0.2) is 8.78 Å². The highest BCUT2D eigenvalue weighted by atomic mass is 32.2. The van der Waals surface area contributed by atoms with Crippen molar-refractivity contribution in [3.8, 4) is 0 Å². The first-order chi connectivity index (χ1) is 7.19. The molecular weight excluding hydrogens is 218 g/mol. The summed E-state index contributed by atoms with van der Waals surface area (Å²) in [5.74, 6) is 5.96. The molecule has 0 amide bonds. The number of nitrogens with one attached hydrogen (secondary N) is 1. The zero-order valence-electron chi connectivity index (χ0n) is 8.47. The van der Waals surface area contributed by atoms with Crippen molar-refractivity contribution in [3.05, 3.63) is 35.4 Å². The van der Waals surface area contributed by atoms with Crippen molar-refractivity contribution in [2.45, 2.75) is 13.0 Å². The van der Waals surface area contributed by atoms with Gasteiger partial charge in [0.2, 0.25) is 0 Å². The fourth-order valence-corrected chi connectivity index (χ4v) is 1.99. The Balaban J connectivity index is 2.85. The van der Waals surface area contributed by atoms with Crippen LogP contribution in [-0.4, -0.2) is 11.5 Å². The van der Waals surface area contributed by atoms with Crippen LogP contribution in [0.25, 0.3) is 0 Å². The zero-order valence-corrected chi connectivity index (χ0v) is 9.28. The maximum atomic E-state index is 13.4. The van der Waals surface area contributed by atoms with Crippen molar-refractivity contribution in [2.75, 3.05) is 11.5 Å². The summed E-state index contributed by atoms with van der Waals surface area (Å²) in [6.45, 7) is 2.00. The monoisotopic (exact) mass is 232 g/mol. The Morgan fingerprint density at radius 1 is 1.47 bits per heavy atom. The van der Waals surface area contributed by atoms with E-state index in [4.69, 9.17) is 5.84 Å². The van der Waals surface area contributed by atoms with Crippen LogP contribution in [0.3, 0.4) is 0 Å². The first kappa shape index (κ1) is 12.4. The number of rotatable bonds is 5. The van der Waals surface area contributed by atoms with Crippen LogP contribution in [0, 0.1) is 11.6 Å². The molecule has 3 N–H and O–H groups in total. The molecule has 1 atom stereocenters. The Hall–Kier alpha value is -0.650. The molecule has 0 heterocycles. The van der Waals surface area contributed by atoms with Crippen molar-refractivity contribution in [1.29, 1.82) is 0 Å². The third-order valence-electron chi connectivity index (χ3n) is 2.02. The summed E-state index contributed by atoms with van der Waals surface area (Å²) in [6, 6.07) is 3.03. The molecule has 0 aromatic heterocycles. The molecule has 1 aromatic rings. The van der Waals surface area contributed by atoms with Gasteiger partial charge in [-0.15, -0.1) is 0 Å². The minimum Gasteiger partial charge on any atom is -0.271 e. The van der Waals surface area contributed by atoms with Gasteiger partial charge in [-0.1, -0.05) is 6.92 Å². The molecule has 0 fully saturated rings. The van der Waals surface area contributed by atoms with E-state index >= 15 is 0 Å². The highest BCUT2D eigenvalue weighted by Crippen LogP contribution is 2.21. The standard InChI is InChI=1S/C10H14F2N2S/c1-2-15-6-10(14-13)8-5-7(11)3-4-9(8)12/h3-5,10,14H,2,6,13H2,1H3. The van der Waals surface area contributed by atoms with E-state index in [9.17, 15) is 8.78 Å². The first-order valence-corrected chi connectivity index (χ1v) is 5.83. The van der Waals surface area contributed by atoms with E-state index in [1.54, 1.807) is 11.8 Å². The van der Waals surface area contributed by atoms with Gasteiger partial charge in [-0.05, 0) is 24.0 Å². The smallest absolute Gasteiger partial charge is 0.128 e. The van der Waals surface area contributed by atoms with Crippen molar-refractivity contribution in [2.24, 2.45) is 5.84 Å². The van der Waals surface area contributed by atoms with Crippen molar-refractivity contribution >= 4 is 11.8 Å². The van der Waals surface area contributed by atoms with Crippen LogP contribution in [0.2, 0.25) is 0 Å². The normalized spacial score (nSPS) is 12.8. The molecule has 1 aromatic carbocycles. The third kappa shape index (κ3) is 3.44. The summed E-state index contributed by atoms with van der Waals surface area (Å²) < 4.78 is 26.3. The Kier molecular flexibility index (Phi) is 5.01. The molecular formula is C10H14F2N2S. The van der Waals surface area contributed by atoms with Gasteiger partial charge in [-0.3, -0.25) is 11.3 Å². The van der Waals surface area contributed by atoms with Gasteiger partial charge in [0.1, 0.15) is 11.6 Å². The van der Waals surface area contributed by atoms with Crippen LogP contribution < -0.4 is 11.3 Å². The summed E-state index contributed by atoms with van der Waals surface area (Å²) in [4.78, 5) is 0. The van der Waals surface area contributed by atoms with Gasteiger partial charge < -0.3 is 0 Å². The lowest BCUT2D eigenvalue weighted by Gasteiger charge is -2.16. The minimum absolute atomic E-state index is 0.276. The lowest BCUT2D eigenvalue weighted by molar-refractivity contribution is 0.534. The average Bonchev–Trinajstić information content (AvgIpc) is 2.24. The summed E-state index contributed by atoms with van der Waals surface area (Å²) >= 11 is 1.62. The first-order valence-electron chi connectivity index (χ1n) is 4.67. The van der Waals surface area contributed by atoms with E-state index < -0.39 is 11.6 Å². The predicted molar refractivity (Wildman–Crippen MR) is 59.4 cm³/mol. The van der Waals surface area contributed by atoms with Gasteiger partial charge >= 0.3 is 0 Å². The molecule has 0 radical (unpaired) electrons. The number of nitrogens with two attached hydrogens (primary N) is 1. The number of hydrogen-bond donors (Lipinski definition) is 2. The van der Waals surface area contributed by atoms with E-state index in [0.717, 1.165) is 17.9 Å². The zero-order chi connectivity index (χ0) is 11.3. The topological polar surface area (TPSA) is 38.0 Å². The van der Waals surface area contributed by atoms with E-state index in [1.807, 2.05) is 6.92 Å². The number of thioether (sulfide) groups is 1. The van der Waals surface area contributed by atoms with Crippen molar-refractivity contribution in [3.63, 3.8) is 0 Å². The summed E-state index contributed by atoms with van der Waals surface area (Å²) in [6.07, 6.45) is 0. The molecule has 1 rings (SSSR count). The van der Waals surface area contributed by atoms with Crippen LogP contribution in [0.5, 0.6) is 0 Å². The second-order valence-electron chi connectivity index (χ2n) is 3.04. The maximum absolute atomic E-state index is 13.4. The second-order valence-corrected chi connectivity index (χ2v) is 4.36. The summed E-state index contributed by atoms with van der Waals surface area (Å²) in [5.41, 5.74) is 2.77. The molecule has 2 nitrogen and oxygen atoms in total. The Bertz CT molecular complexity index is 320. The van der Waals surface area contributed by atoms with Gasteiger partial charge in [-0.2, -0.15) is 11.8 Å². The SMILES string of the molecule is CCSCC(NN)c1cc(F)ccc1F. The van der Waals surface area contributed by atoms with Gasteiger partial charge in [0.05, 0.1) is 6.04 Å². The second kappa shape index (κ2) is 6.05. The van der Waals surface area contributed by atoms with Crippen molar-refractivity contribution in [1.82, 2.24) is 5.43 Å². The maximum Gasteiger partial charge on any atom is 0.128 e. The lowest BCUT2D eigenvalue weighted by Crippen LogP contribution is -2.30. The van der Waals surface area contributed by atoms with Gasteiger partial charge in [0.15, 0.2) is 0 Å². The number of benzene rings is 1. The van der Waals surface area contributed by atoms with Crippen LogP contribution in [0.15, 0.2) is 18.2 Å².